The molecule has 1 aromatic carbocycles. The van der Waals surface area contributed by atoms with E-state index in [-0.39, 0.29) is 18.2 Å². The van der Waals surface area contributed by atoms with Gasteiger partial charge in [0.15, 0.2) is 0 Å². The van der Waals surface area contributed by atoms with E-state index in [1.54, 1.807) is 35.1 Å². The SMILES string of the molecule is Cn1cnc(C(=O)N(CCC2CCOCC2)Cc2cccc(OC(F)(F)F)c2)c1. The second kappa shape index (κ2) is 9.30. The summed E-state index contributed by atoms with van der Waals surface area (Å²) in [6, 6.07) is 5.71. The number of carbonyl (C=O) groups excluding carboxylic acids is 1. The number of hydrogen-bond acceptors (Lipinski definition) is 4. The van der Waals surface area contributed by atoms with Crippen molar-refractivity contribution < 1.29 is 27.4 Å². The molecule has 158 valence electrons. The summed E-state index contributed by atoms with van der Waals surface area (Å²) in [5.74, 6) is -0.0906. The second-order valence-corrected chi connectivity index (χ2v) is 7.19. The van der Waals surface area contributed by atoms with Gasteiger partial charge in [0.2, 0.25) is 0 Å². The number of benzene rings is 1. The smallest absolute Gasteiger partial charge is 0.406 e. The highest BCUT2D eigenvalue weighted by Crippen LogP contribution is 2.25. The normalized spacial score (nSPS) is 15.3. The van der Waals surface area contributed by atoms with Crippen LogP contribution in [0.2, 0.25) is 0 Å². The van der Waals surface area contributed by atoms with Crippen molar-refractivity contribution >= 4 is 5.91 Å². The van der Waals surface area contributed by atoms with Crippen LogP contribution >= 0.6 is 0 Å². The minimum absolute atomic E-state index is 0.174. The van der Waals surface area contributed by atoms with Crippen molar-refractivity contribution in [1.29, 1.82) is 0 Å². The highest BCUT2D eigenvalue weighted by Gasteiger charge is 2.31. The van der Waals surface area contributed by atoms with Crippen molar-refractivity contribution in [3.63, 3.8) is 0 Å². The molecular weight excluding hydrogens is 387 g/mol. The number of ether oxygens (including phenoxy) is 2. The first-order chi connectivity index (χ1) is 13.8. The van der Waals surface area contributed by atoms with E-state index in [2.05, 4.69) is 9.72 Å². The van der Waals surface area contributed by atoms with Gasteiger partial charge in [0.1, 0.15) is 11.4 Å². The Morgan fingerprint density at radius 3 is 2.76 bits per heavy atom. The maximum Gasteiger partial charge on any atom is 0.573 e. The summed E-state index contributed by atoms with van der Waals surface area (Å²) in [4.78, 5) is 18.7. The van der Waals surface area contributed by atoms with Crippen LogP contribution in [0.4, 0.5) is 13.2 Å². The first-order valence-electron chi connectivity index (χ1n) is 9.50. The lowest BCUT2D eigenvalue weighted by Gasteiger charge is -2.27. The average molecular weight is 411 g/mol. The van der Waals surface area contributed by atoms with E-state index in [9.17, 15) is 18.0 Å². The second-order valence-electron chi connectivity index (χ2n) is 7.19. The third-order valence-electron chi connectivity index (χ3n) is 4.86. The van der Waals surface area contributed by atoms with Gasteiger partial charge in [-0.05, 0) is 42.9 Å². The topological polar surface area (TPSA) is 56.6 Å². The quantitative estimate of drug-likeness (QED) is 0.696. The Kier molecular flexibility index (Phi) is 6.79. The zero-order valence-electron chi connectivity index (χ0n) is 16.2. The Bertz CT molecular complexity index is 817. The van der Waals surface area contributed by atoms with E-state index in [4.69, 9.17) is 4.74 Å². The van der Waals surface area contributed by atoms with Gasteiger partial charge in [-0.1, -0.05) is 12.1 Å². The molecule has 1 fully saturated rings. The van der Waals surface area contributed by atoms with E-state index in [0.29, 0.717) is 23.7 Å². The molecule has 1 aliphatic heterocycles. The summed E-state index contributed by atoms with van der Waals surface area (Å²) in [6.07, 6.45) is 1.11. The van der Waals surface area contributed by atoms with Crippen molar-refractivity contribution in [2.45, 2.75) is 32.2 Å². The van der Waals surface area contributed by atoms with E-state index in [1.807, 2.05) is 0 Å². The van der Waals surface area contributed by atoms with Crippen LogP contribution in [0.25, 0.3) is 0 Å². The third kappa shape index (κ3) is 6.49. The zero-order chi connectivity index (χ0) is 20.9. The summed E-state index contributed by atoms with van der Waals surface area (Å²) < 4.78 is 48.6. The van der Waals surface area contributed by atoms with Crippen LogP contribution in [0, 0.1) is 5.92 Å². The van der Waals surface area contributed by atoms with Gasteiger partial charge in [-0.15, -0.1) is 13.2 Å². The molecule has 0 atom stereocenters. The predicted molar refractivity (Wildman–Crippen MR) is 99.2 cm³/mol. The van der Waals surface area contributed by atoms with Crippen LogP contribution in [0.1, 0.15) is 35.3 Å². The van der Waals surface area contributed by atoms with E-state index in [1.165, 1.54) is 18.2 Å². The highest BCUT2D eigenvalue weighted by molar-refractivity contribution is 5.92. The first kappa shape index (κ1) is 21.2. The number of imidazole rings is 1. The summed E-state index contributed by atoms with van der Waals surface area (Å²) in [6.45, 7) is 2.10. The molecule has 2 aromatic rings. The van der Waals surface area contributed by atoms with Crippen molar-refractivity contribution in [2.75, 3.05) is 19.8 Å². The maximum atomic E-state index is 13.0. The fraction of sp³-hybridized carbons (Fsp3) is 0.500. The molecule has 3 rings (SSSR count). The molecule has 0 N–H and O–H groups in total. The van der Waals surface area contributed by atoms with Gasteiger partial charge in [-0.3, -0.25) is 4.79 Å². The number of carbonyl (C=O) groups is 1. The van der Waals surface area contributed by atoms with Crippen LogP contribution < -0.4 is 4.74 Å². The number of alkyl halides is 3. The first-order valence-corrected chi connectivity index (χ1v) is 9.50. The van der Waals surface area contributed by atoms with Gasteiger partial charge in [0.05, 0.1) is 6.33 Å². The minimum Gasteiger partial charge on any atom is -0.406 e. The third-order valence-corrected chi connectivity index (χ3v) is 4.86. The monoisotopic (exact) mass is 411 g/mol. The highest BCUT2D eigenvalue weighted by atomic mass is 19.4. The largest absolute Gasteiger partial charge is 0.573 e. The standard InChI is InChI=1S/C20H24F3N3O3/c1-25-13-18(24-14-25)19(27)26(8-5-15-6-9-28-10-7-15)12-16-3-2-4-17(11-16)29-20(21,22)23/h2-4,11,13-15H,5-10,12H2,1H3. The minimum atomic E-state index is -4.76. The van der Waals surface area contributed by atoms with Crippen molar-refractivity contribution in [3.8, 4) is 5.75 Å². The summed E-state index contributed by atoms with van der Waals surface area (Å²) in [7, 11) is 1.77. The van der Waals surface area contributed by atoms with Gasteiger partial charge in [-0.25, -0.2) is 4.98 Å². The van der Waals surface area contributed by atoms with Crippen LogP contribution in [-0.4, -0.2) is 46.5 Å². The molecule has 0 spiro atoms. The molecule has 0 aliphatic carbocycles. The van der Waals surface area contributed by atoms with Crippen molar-refractivity contribution in [3.05, 3.63) is 48.0 Å². The maximum absolute atomic E-state index is 13.0. The van der Waals surface area contributed by atoms with Crippen LogP contribution in [0.15, 0.2) is 36.8 Å². The Morgan fingerprint density at radius 1 is 1.34 bits per heavy atom. The Morgan fingerprint density at radius 2 is 2.10 bits per heavy atom. The molecule has 1 amide bonds. The molecule has 9 heteroatoms. The Labute approximate surface area is 167 Å². The summed E-state index contributed by atoms with van der Waals surface area (Å²) in [5.41, 5.74) is 0.866. The molecule has 29 heavy (non-hydrogen) atoms. The van der Waals surface area contributed by atoms with Gasteiger partial charge in [0, 0.05) is 39.5 Å². The molecule has 2 heterocycles. The zero-order valence-corrected chi connectivity index (χ0v) is 16.2. The van der Waals surface area contributed by atoms with Crippen LogP contribution in [0.5, 0.6) is 5.75 Å². The molecule has 0 saturated carbocycles. The number of nitrogens with zero attached hydrogens (tertiary/aromatic N) is 3. The fourth-order valence-electron chi connectivity index (χ4n) is 3.37. The van der Waals surface area contributed by atoms with Gasteiger partial charge in [-0.2, -0.15) is 0 Å². The molecule has 0 unspecified atom stereocenters. The molecule has 6 nitrogen and oxygen atoms in total. The van der Waals surface area contributed by atoms with Crippen LogP contribution in [-0.2, 0) is 18.3 Å². The molecular formula is C20H24F3N3O3. The molecule has 0 radical (unpaired) electrons. The number of rotatable bonds is 7. The van der Waals surface area contributed by atoms with Gasteiger partial charge in [0.25, 0.3) is 5.91 Å². The molecule has 1 aliphatic rings. The van der Waals surface area contributed by atoms with Gasteiger partial charge < -0.3 is 18.9 Å². The van der Waals surface area contributed by atoms with E-state index < -0.39 is 6.36 Å². The number of halogens is 3. The number of aromatic nitrogens is 2. The fourth-order valence-corrected chi connectivity index (χ4v) is 3.37. The van der Waals surface area contributed by atoms with Crippen molar-refractivity contribution in [2.24, 2.45) is 13.0 Å². The summed E-state index contributed by atoms with van der Waals surface area (Å²) >= 11 is 0. The molecule has 1 saturated heterocycles. The lowest BCUT2D eigenvalue weighted by molar-refractivity contribution is -0.274. The Balaban J connectivity index is 1.73. The Hall–Kier alpha value is -2.55. The van der Waals surface area contributed by atoms with Crippen LogP contribution in [0.3, 0.4) is 0 Å². The lowest BCUT2D eigenvalue weighted by Crippen LogP contribution is -2.33. The lowest BCUT2D eigenvalue weighted by atomic mass is 9.96. The van der Waals surface area contributed by atoms with E-state index in [0.717, 1.165) is 32.5 Å². The van der Waals surface area contributed by atoms with Crippen molar-refractivity contribution in [1.82, 2.24) is 14.5 Å². The molecule has 1 aromatic heterocycles. The number of aryl methyl sites for hydroxylation is 1. The summed E-state index contributed by atoms with van der Waals surface area (Å²) in [5, 5.41) is 0. The predicted octanol–water partition coefficient (Wildman–Crippen LogP) is 3.78. The number of hydrogen-bond donors (Lipinski definition) is 0. The van der Waals surface area contributed by atoms with Gasteiger partial charge >= 0.3 is 6.36 Å². The average Bonchev–Trinajstić information content (AvgIpc) is 3.11. The molecule has 0 bridgehead atoms. The van der Waals surface area contributed by atoms with E-state index >= 15 is 0 Å². The number of amides is 1.